The lowest BCUT2D eigenvalue weighted by molar-refractivity contribution is 0.258. The van der Waals surface area contributed by atoms with Crippen LogP contribution >= 0.6 is 0 Å². The highest BCUT2D eigenvalue weighted by Crippen LogP contribution is 2.35. The third-order valence-corrected chi connectivity index (χ3v) is 6.89. The summed E-state index contributed by atoms with van der Waals surface area (Å²) >= 11 is 0. The van der Waals surface area contributed by atoms with Gasteiger partial charge in [0.25, 0.3) is 0 Å². The molecule has 0 saturated carbocycles. The predicted molar refractivity (Wildman–Crippen MR) is 97.7 cm³/mol. The first-order valence-corrected chi connectivity index (χ1v) is 9.54. The first-order chi connectivity index (χ1) is 13.0. The second-order valence-corrected chi connectivity index (χ2v) is 9.24. The van der Waals surface area contributed by atoms with Crippen LogP contribution in [-0.2, 0) is 9.84 Å². The van der Waals surface area contributed by atoms with E-state index >= 15 is 0 Å². The van der Waals surface area contributed by atoms with Crippen molar-refractivity contribution in [3.05, 3.63) is 36.3 Å². The van der Waals surface area contributed by atoms with Gasteiger partial charge in [0, 0.05) is 12.3 Å². The van der Waals surface area contributed by atoms with E-state index in [0.29, 0.717) is 0 Å². The quantitative estimate of drug-likeness (QED) is 0.613. The predicted octanol–water partition coefficient (Wildman–Crippen LogP) is 1.81. The summed E-state index contributed by atoms with van der Waals surface area (Å²) in [5, 5.41) is 9.50. The molecule has 0 aliphatic rings. The number of aromatic nitrogens is 3. The van der Waals surface area contributed by atoms with Crippen LogP contribution in [-0.4, -0.2) is 46.4 Å². The van der Waals surface area contributed by atoms with Gasteiger partial charge in [0.1, 0.15) is 16.3 Å². The Morgan fingerprint density at radius 2 is 2.00 bits per heavy atom. The summed E-state index contributed by atoms with van der Waals surface area (Å²) in [6.07, 6.45) is 2.44. The van der Waals surface area contributed by atoms with Crippen LogP contribution in [0.15, 0.2) is 29.4 Å². The summed E-state index contributed by atoms with van der Waals surface area (Å²) in [5.41, 5.74) is 5.34. The maximum Gasteiger partial charge on any atom is 0.224 e. The number of halogens is 2. The monoisotopic (exact) mass is 412 g/mol. The minimum absolute atomic E-state index is 0.00765. The van der Waals surface area contributed by atoms with Gasteiger partial charge in [0.05, 0.1) is 35.9 Å². The molecule has 28 heavy (non-hydrogen) atoms. The van der Waals surface area contributed by atoms with Crippen molar-refractivity contribution in [3.8, 4) is 17.0 Å². The normalized spacial score (nSPS) is 12.5. The van der Waals surface area contributed by atoms with E-state index in [4.69, 9.17) is 10.5 Å². The van der Waals surface area contributed by atoms with Crippen LogP contribution < -0.4 is 10.5 Å². The molecule has 0 unspecified atom stereocenters. The minimum atomic E-state index is -4.05. The van der Waals surface area contributed by atoms with E-state index in [-0.39, 0.29) is 27.5 Å². The Hall–Kier alpha value is -2.79. The molecule has 0 aliphatic carbocycles. The number of sulfone groups is 1. The number of aliphatic hydroxyl groups excluding tert-OH is 1. The Kier molecular flexibility index (Phi) is 4.76. The summed E-state index contributed by atoms with van der Waals surface area (Å²) < 4.78 is 59.0. The molecule has 0 aliphatic heterocycles. The van der Waals surface area contributed by atoms with E-state index in [1.54, 1.807) is 0 Å². The number of imidazole rings is 1. The maximum absolute atomic E-state index is 14.3. The summed E-state index contributed by atoms with van der Waals surface area (Å²) in [4.78, 5) is 7.17. The van der Waals surface area contributed by atoms with Gasteiger partial charge in [0.2, 0.25) is 5.95 Å². The van der Waals surface area contributed by atoms with Gasteiger partial charge >= 0.3 is 0 Å². The van der Waals surface area contributed by atoms with E-state index in [9.17, 15) is 22.3 Å². The van der Waals surface area contributed by atoms with Gasteiger partial charge in [-0.2, -0.15) is 9.37 Å². The first kappa shape index (κ1) is 20.0. The van der Waals surface area contributed by atoms with E-state index in [1.807, 2.05) is 0 Å². The summed E-state index contributed by atoms with van der Waals surface area (Å²) in [7, 11) is -2.76. The molecular weight excluding hydrogens is 394 g/mol. The minimum Gasteiger partial charge on any atom is -0.495 e. The number of nitrogens with two attached hydrogens (primary N) is 1. The van der Waals surface area contributed by atoms with Crippen molar-refractivity contribution in [2.75, 3.05) is 19.5 Å². The number of hydrogen-bond donors (Lipinski definition) is 2. The molecule has 0 bridgehead atoms. The average Bonchev–Trinajstić information content (AvgIpc) is 3.06. The van der Waals surface area contributed by atoms with Gasteiger partial charge in [-0.25, -0.2) is 17.8 Å². The van der Waals surface area contributed by atoms with Crippen molar-refractivity contribution >= 4 is 21.3 Å². The van der Waals surface area contributed by atoms with Crippen molar-refractivity contribution in [1.29, 1.82) is 0 Å². The molecule has 0 radical (unpaired) electrons. The Bertz CT molecular complexity index is 1180. The van der Waals surface area contributed by atoms with Gasteiger partial charge < -0.3 is 15.6 Å². The van der Waals surface area contributed by atoms with Crippen LogP contribution in [0.1, 0.15) is 13.8 Å². The molecule has 0 amide bonds. The van der Waals surface area contributed by atoms with Crippen molar-refractivity contribution in [2.24, 2.45) is 0 Å². The molecule has 0 spiro atoms. The molecular formula is C17H18F2N4O4S. The van der Waals surface area contributed by atoms with Crippen LogP contribution in [0.5, 0.6) is 5.75 Å². The zero-order chi connectivity index (χ0) is 20.9. The van der Waals surface area contributed by atoms with Crippen LogP contribution in [0.4, 0.5) is 14.6 Å². The Morgan fingerprint density at radius 3 is 2.61 bits per heavy atom. The van der Waals surface area contributed by atoms with Gasteiger partial charge in [-0.3, -0.25) is 4.40 Å². The average molecular weight is 412 g/mol. The Balaban J connectivity index is 2.33. The molecule has 3 heterocycles. The molecule has 11 heteroatoms. The number of nitrogens with zero attached hydrogens (tertiary/aromatic N) is 3. The first-order valence-electron chi connectivity index (χ1n) is 8.06. The fourth-order valence-electron chi connectivity index (χ4n) is 2.59. The molecule has 150 valence electrons. The maximum atomic E-state index is 14.3. The Morgan fingerprint density at radius 1 is 1.32 bits per heavy atom. The van der Waals surface area contributed by atoms with E-state index < -0.39 is 38.8 Å². The van der Waals surface area contributed by atoms with E-state index in [0.717, 1.165) is 6.07 Å². The van der Waals surface area contributed by atoms with Crippen molar-refractivity contribution < 1.29 is 27.0 Å². The topological polar surface area (TPSA) is 120 Å². The van der Waals surface area contributed by atoms with Gasteiger partial charge in [-0.05, 0) is 19.9 Å². The highest BCUT2D eigenvalue weighted by molar-refractivity contribution is 7.93. The van der Waals surface area contributed by atoms with Crippen LogP contribution in [0.2, 0.25) is 0 Å². The Labute approximate surface area is 159 Å². The molecule has 3 rings (SSSR count). The highest BCUT2D eigenvalue weighted by atomic mass is 32.2. The number of methoxy groups -OCH3 is 1. The van der Waals surface area contributed by atoms with Crippen LogP contribution in [0.25, 0.3) is 16.9 Å². The lowest BCUT2D eigenvalue weighted by Crippen LogP contribution is -2.36. The summed E-state index contributed by atoms with van der Waals surface area (Å²) in [6, 6.07) is 2.21. The summed E-state index contributed by atoms with van der Waals surface area (Å²) in [5.74, 6) is -2.54. The second kappa shape index (κ2) is 6.67. The molecule has 8 nitrogen and oxygen atoms in total. The summed E-state index contributed by atoms with van der Waals surface area (Å²) in [6.45, 7) is 2.09. The number of hydrogen-bond acceptors (Lipinski definition) is 7. The largest absolute Gasteiger partial charge is 0.495 e. The third kappa shape index (κ3) is 2.96. The number of anilines is 1. The molecule has 3 aromatic rings. The SMILES string of the molecule is COc1cc2ncc(-c3cc(F)c(N)nc3F)n2cc1S(=O)(=O)C(C)(C)CO. The fourth-order valence-corrected chi connectivity index (χ4v) is 4.01. The fraction of sp³-hybridized carbons (Fsp3) is 0.294. The van der Waals surface area contributed by atoms with Gasteiger partial charge in [-0.15, -0.1) is 0 Å². The molecule has 3 aromatic heterocycles. The van der Waals surface area contributed by atoms with Crippen molar-refractivity contribution in [1.82, 2.24) is 14.4 Å². The van der Waals surface area contributed by atoms with Gasteiger partial charge in [-0.1, -0.05) is 0 Å². The van der Waals surface area contributed by atoms with E-state index in [2.05, 4.69) is 9.97 Å². The standard InChI is InChI=1S/C17H18F2N4O4S/c1-17(2,8-24)28(25,26)13-7-23-11(6-21-14(23)5-12(13)27-3)9-4-10(18)16(20)22-15(9)19/h4-7,24H,8H2,1-3H3,(H2,20,22). The number of ether oxygens (including phenoxy) is 1. The number of rotatable bonds is 5. The lowest BCUT2D eigenvalue weighted by atomic mass is 10.2. The van der Waals surface area contributed by atoms with Crippen LogP contribution in [0, 0.1) is 11.8 Å². The van der Waals surface area contributed by atoms with E-state index in [1.165, 1.54) is 43.8 Å². The number of pyridine rings is 2. The number of aliphatic hydroxyl groups is 1. The zero-order valence-corrected chi connectivity index (χ0v) is 16.1. The van der Waals surface area contributed by atoms with Gasteiger partial charge in [0.15, 0.2) is 21.5 Å². The number of fused-ring (bicyclic) bond motifs is 1. The highest BCUT2D eigenvalue weighted by Gasteiger charge is 2.38. The van der Waals surface area contributed by atoms with Crippen LogP contribution in [0.3, 0.4) is 0 Å². The zero-order valence-electron chi connectivity index (χ0n) is 15.3. The third-order valence-electron chi connectivity index (χ3n) is 4.43. The molecule has 0 fully saturated rings. The molecule has 0 saturated heterocycles. The molecule has 0 atom stereocenters. The van der Waals surface area contributed by atoms with Crippen molar-refractivity contribution in [2.45, 2.75) is 23.5 Å². The van der Waals surface area contributed by atoms with Crippen molar-refractivity contribution in [3.63, 3.8) is 0 Å². The molecule has 3 N–H and O–H groups in total. The molecule has 0 aromatic carbocycles. The smallest absolute Gasteiger partial charge is 0.224 e. The lowest BCUT2D eigenvalue weighted by Gasteiger charge is -2.23. The number of nitrogen functional groups attached to an aromatic ring is 1. The second-order valence-electron chi connectivity index (χ2n) is 6.69.